The number of methoxy groups -OCH3 is 1. The summed E-state index contributed by atoms with van der Waals surface area (Å²) in [6.07, 6.45) is 4.25. The van der Waals surface area contributed by atoms with E-state index in [4.69, 9.17) is 9.72 Å². The number of hydrogen-bond acceptors (Lipinski definition) is 5. The number of rotatable bonds is 6. The molecule has 0 unspecified atom stereocenters. The maximum absolute atomic E-state index is 13.0. The number of aromatic nitrogens is 2. The molecule has 1 aliphatic carbocycles. The Labute approximate surface area is 161 Å². The van der Waals surface area contributed by atoms with Crippen molar-refractivity contribution in [2.24, 2.45) is 5.92 Å². The summed E-state index contributed by atoms with van der Waals surface area (Å²) in [4.78, 5) is 26.1. The van der Waals surface area contributed by atoms with Crippen LogP contribution in [0.4, 0.5) is 11.6 Å². The monoisotopic (exact) mass is 368 g/mol. The molecule has 0 radical (unpaired) electrons. The van der Waals surface area contributed by atoms with E-state index in [9.17, 15) is 4.79 Å². The summed E-state index contributed by atoms with van der Waals surface area (Å²) < 4.78 is 5.19. The molecular weight excluding hydrogens is 340 g/mol. The molecule has 1 aromatic carbocycles. The zero-order valence-electron chi connectivity index (χ0n) is 16.6. The molecule has 0 aliphatic heterocycles. The van der Waals surface area contributed by atoms with Crippen LogP contribution in [0.2, 0.25) is 0 Å². The summed E-state index contributed by atoms with van der Waals surface area (Å²) in [6, 6.07) is 7.57. The molecule has 6 nitrogen and oxygen atoms in total. The molecule has 0 saturated heterocycles. The standard InChI is InChI=1S/C21H28N4O2/c1-5-25(6-2)21-22-14-16-13-15(7-12-19(16)23-21)20(26)24(3)17-8-10-18(27-4)11-9-17/h8-11,14-15H,5-7,12-13H2,1-4H3/t15-/m0/s1. The number of nitrogens with zero attached hydrogens (tertiary/aromatic N) is 4. The van der Waals surface area contributed by atoms with Crippen molar-refractivity contribution in [2.45, 2.75) is 33.1 Å². The van der Waals surface area contributed by atoms with Crippen LogP contribution >= 0.6 is 0 Å². The average Bonchev–Trinajstić information content (AvgIpc) is 2.73. The van der Waals surface area contributed by atoms with Crippen LogP contribution in [0.25, 0.3) is 0 Å². The molecule has 1 amide bonds. The zero-order valence-corrected chi connectivity index (χ0v) is 16.6. The van der Waals surface area contributed by atoms with E-state index in [1.165, 1.54) is 0 Å². The van der Waals surface area contributed by atoms with Crippen molar-refractivity contribution in [3.63, 3.8) is 0 Å². The van der Waals surface area contributed by atoms with Crippen molar-refractivity contribution in [3.05, 3.63) is 41.7 Å². The van der Waals surface area contributed by atoms with Crippen molar-refractivity contribution in [1.82, 2.24) is 9.97 Å². The van der Waals surface area contributed by atoms with Crippen LogP contribution in [-0.2, 0) is 17.6 Å². The van der Waals surface area contributed by atoms with Crippen molar-refractivity contribution in [2.75, 3.05) is 37.0 Å². The van der Waals surface area contributed by atoms with E-state index in [1.807, 2.05) is 37.5 Å². The highest BCUT2D eigenvalue weighted by Gasteiger charge is 2.29. The SMILES string of the molecule is CCN(CC)c1ncc2c(n1)CC[C@H](C(=O)N(C)c1ccc(OC)cc1)C2. The van der Waals surface area contributed by atoms with Crippen molar-refractivity contribution >= 4 is 17.5 Å². The zero-order chi connectivity index (χ0) is 19.4. The first kappa shape index (κ1) is 19.1. The molecule has 0 fully saturated rings. The van der Waals surface area contributed by atoms with Gasteiger partial charge in [-0.25, -0.2) is 9.97 Å². The molecule has 0 spiro atoms. The van der Waals surface area contributed by atoms with Gasteiger partial charge in [0.05, 0.1) is 7.11 Å². The Morgan fingerprint density at radius 2 is 1.93 bits per heavy atom. The van der Waals surface area contributed by atoms with E-state index in [1.54, 1.807) is 12.0 Å². The Balaban J connectivity index is 1.72. The largest absolute Gasteiger partial charge is 0.497 e. The molecule has 1 aliphatic rings. The maximum Gasteiger partial charge on any atom is 0.230 e. The molecule has 1 atom stereocenters. The molecular formula is C21H28N4O2. The predicted octanol–water partition coefficient (Wildman–Crippen LogP) is 3.10. The first-order valence-corrected chi connectivity index (χ1v) is 9.58. The Kier molecular flexibility index (Phi) is 5.94. The van der Waals surface area contributed by atoms with Crippen molar-refractivity contribution in [1.29, 1.82) is 0 Å². The van der Waals surface area contributed by atoms with Gasteiger partial charge in [-0.1, -0.05) is 0 Å². The predicted molar refractivity (Wildman–Crippen MR) is 108 cm³/mol. The topological polar surface area (TPSA) is 58.6 Å². The minimum atomic E-state index is -0.0347. The van der Waals surface area contributed by atoms with Crippen molar-refractivity contribution < 1.29 is 9.53 Å². The maximum atomic E-state index is 13.0. The molecule has 1 aromatic heterocycles. The molecule has 27 heavy (non-hydrogen) atoms. The third-order valence-electron chi connectivity index (χ3n) is 5.32. The lowest BCUT2D eigenvalue weighted by molar-refractivity contribution is -0.122. The molecule has 0 bridgehead atoms. The third-order valence-corrected chi connectivity index (χ3v) is 5.32. The van der Waals surface area contributed by atoms with Gasteiger partial charge in [0, 0.05) is 43.6 Å². The lowest BCUT2D eigenvalue weighted by atomic mass is 9.86. The summed E-state index contributed by atoms with van der Waals surface area (Å²) in [7, 11) is 3.47. The number of anilines is 2. The van der Waals surface area contributed by atoms with Gasteiger partial charge in [0.15, 0.2) is 0 Å². The highest BCUT2D eigenvalue weighted by atomic mass is 16.5. The summed E-state index contributed by atoms with van der Waals surface area (Å²) in [5.74, 6) is 1.68. The molecule has 1 heterocycles. The smallest absolute Gasteiger partial charge is 0.230 e. The second kappa shape index (κ2) is 8.37. The van der Waals surface area contributed by atoms with E-state index in [-0.39, 0.29) is 11.8 Å². The van der Waals surface area contributed by atoms with E-state index >= 15 is 0 Å². The van der Waals surface area contributed by atoms with E-state index < -0.39 is 0 Å². The van der Waals surface area contributed by atoms with Gasteiger partial charge in [-0.3, -0.25) is 4.79 Å². The number of hydrogen-bond donors (Lipinski definition) is 0. The number of ether oxygens (including phenoxy) is 1. The molecule has 2 aromatic rings. The Morgan fingerprint density at radius 1 is 1.22 bits per heavy atom. The molecule has 0 N–H and O–H groups in total. The van der Waals surface area contributed by atoms with Crippen LogP contribution in [0.5, 0.6) is 5.75 Å². The van der Waals surface area contributed by atoms with E-state index in [2.05, 4.69) is 23.7 Å². The Hall–Kier alpha value is -2.63. The van der Waals surface area contributed by atoms with Gasteiger partial charge in [-0.05, 0) is 62.9 Å². The number of fused-ring (bicyclic) bond motifs is 1. The van der Waals surface area contributed by atoms with Gasteiger partial charge in [-0.15, -0.1) is 0 Å². The highest BCUT2D eigenvalue weighted by molar-refractivity contribution is 5.94. The summed E-state index contributed by atoms with van der Waals surface area (Å²) in [6.45, 7) is 6.00. The van der Waals surface area contributed by atoms with Crippen LogP contribution in [0.1, 0.15) is 31.5 Å². The molecule has 3 rings (SSSR count). The van der Waals surface area contributed by atoms with Gasteiger partial charge < -0.3 is 14.5 Å². The quantitative estimate of drug-likeness (QED) is 0.784. The molecule has 0 saturated carbocycles. The second-order valence-electron chi connectivity index (χ2n) is 6.85. The summed E-state index contributed by atoms with van der Waals surface area (Å²) >= 11 is 0. The summed E-state index contributed by atoms with van der Waals surface area (Å²) in [5, 5.41) is 0. The average molecular weight is 368 g/mol. The lowest BCUT2D eigenvalue weighted by Gasteiger charge is -2.28. The minimum Gasteiger partial charge on any atom is -0.497 e. The number of carbonyl (C=O) groups is 1. The van der Waals surface area contributed by atoms with Gasteiger partial charge in [0.1, 0.15) is 5.75 Å². The number of aryl methyl sites for hydroxylation is 1. The van der Waals surface area contributed by atoms with E-state index in [0.29, 0.717) is 6.42 Å². The normalized spacial score (nSPS) is 15.8. The number of carbonyl (C=O) groups excluding carboxylic acids is 1. The highest BCUT2D eigenvalue weighted by Crippen LogP contribution is 2.28. The van der Waals surface area contributed by atoms with Crippen LogP contribution in [0.3, 0.4) is 0 Å². The fourth-order valence-electron chi connectivity index (χ4n) is 3.57. The lowest BCUT2D eigenvalue weighted by Crippen LogP contribution is -2.36. The van der Waals surface area contributed by atoms with Crippen LogP contribution < -0.4 is 14.5 Å². The van der Waals surface area contributed by atoms with Crippen LogP contribution in [0.15, 0.2) is 30.5 Å². The summed E-state index contributed by atoms with van der Waals surface area (Å²) in [5.41, 5.74) is 3.06. The van der Waals surface area contributed by atoms with Crippen LogP contribution in [0, 0.1) is 5.92 Å². The Bertz CT molecular complexity index is 787. The number of benzene rings is 1. The van der Waals surface area contributed by atoms with Gasteiger partial charge >= 0.3 is 0 Å². The number of amides is 1. The van der Waals surface area contributed by atoms with Gasteiger partial charge in [0.25, 0.3) is 0 Å². The van der Waals surface area contributed by atoms with Crippen molar-refractivity contribution in [3.8, 4) is 5.75 Å². The van der Waals surface area contributed by atoms with Gasteiger partial charge in [-0.2, -0.15) is 0 Å². The van der Waals surface area contributed by atoms with Gasteiger partial charge in [0.2, 0.25) is 11.9 Å². The molecule has 6 heteroatoms. The second-order valence-corrected chi connectivity index (χ2v) is 6.85. The minimum absolute atomic E-state index is 0.0347. The fourth-order valence-corrected chi connectivity index (χ4v) is 3.57. The fraction of sp³-hybridized carbons (Fsp3) is 0.476. The molecule has 144 valence electrons. The Morgan fingerprint density at radius 3 is 2.56 bits per heavy atom. The van der Waals surface area contributed by atoms with E-state index in [0.717, 1.165) is 54.6 Å². The third kappa shape index (κ3) is 4.04. The first-order chi connectivity index (χ1) is 13.1. The first-order valence-electron chi connectivity index (χ1n) is 9.58. The van der Waals surface area contributed by atoms with Crippen LogP contribution in [-0.4, -0.2) is 43.1 Å².